The van der Waals surface area contributed by atoms with Gasteiger partial charge in [-0.25, -0.2) is 9.91 Å². The average molecular weight is 445 g/mol. The molecule has 8 nitrogen and oxygen atoms in total. The Hall–Kier alpha value is -2.94. The number of rotatable bonds is 4. The number of methoxy groups -OCH3 is 2. The molecule has 2 atom stereocenters. The molecule has 1 fully saturated rings. The monoisotopic (exact) mass is 444 g/mol. The van der Waals surface area contributed by atoms with Crippen LogP contribution >= 0.6 is 15.9 Å². The second kappa shape index (κ2) is 6.90. The number of carbonyl (C=O) groups is 2. The van der Waals surface area contributed by atoms with Gasteiger partial charge in [0.2, 0.25) is 0 Å². The summed E-state index contributed by atoms with van der Waals surface area (Å²) in [6.45, 7) is 1.94. The van der Waals surface area contributed by atoms with Gasteiger partial charge in [-0.3, -0.25) is 9.59 Å². The minimum absolute atomic E-state index is 0.378. The van der Waals surface area contributed by atoms with Crippen LogP contribution < -0.4 is 19.4 Å². The standard InChI is InChI=1S/C19H17BrN4O4/c1-10-6-11(4-5-15(10)20)24-17-16(21-22-24)18(25)23(19(17)26)12-7-13(27-2)9-14(8-12)28-3/h4-9,16-17H,1-3H3/t16-,17-/m1/s1. The highest BCUT2D eigenvalue weighted by Crippen LogP contribution is 2.38. The number of halogens is 1. The summed E-state index contributed by atoms with van der Waals surface area (Å²) in [4.78, 5) is 27.2. The Balaban J connectivity index is 1.71. The third-order valence-electron chi connectivity index (χ3n) is 4.78. The minimum atomic E-state index is -0.881. The normalized spacial score (nSPS) is 20.7. The molecule has 0 aromatic heterocycles. The van der Waals surface area contributed by atoms with Crippen LogP contribution in [0.1, 0.15) is 5.56 Å². The Bertz CT molecular complexity index is 987. The molecule has 0 spiro atoms. The quantitative estimate of drug-likeness (QED) is 0.675. The van der Waals surface area contributed by atoms with E-state index in [2.05, 4.69) is 26.3 Å². The molecule has 2 amide bonds. The predicted molar refractivity (Wildman–Crippen MR) is 106 cm³/mol. The van der Waals surface area contributed by atoms with Crippen molar-refractivity contribution in [1.82, 2.24) is 0 Å². The van der Waals surface area contributed by atoms with Crippen LogP contribution in [-0.4, -0.2) is 38.1 Å². The number of aryl methyl sites for hydroxylation is 1. The number of amides is 2. The van der Waals surface area contributed by atoms with Crippen LogP contribution in [0, 0.1) is 6.92 Å². The summed E-state index contributed by atoms with van der Waals surface area (Å²) in [6, 6.07) is 8.80. The van der Waals surface area contributed by atoms with E-state index in [0.717, 1.165) is 14.9 Å². The maximum atomic E-state index is 13.2. The van der Waals surface area contributed by atoms with Gasteiger partial charge < -0.3 is 9.47 Å². The first kappa shape index (κ1) is 18.4. The molecule has 1 saturated heterocycles. The van der Waals surface area contributed by atoms with Gasteiger partial charge in [0, 0.05) is 22.7 Å². The highest BCUT2D eigenvalue weighted by atomic mass is 79.9. The number of anilines is 2. The van der Waals surface area contributed by atoms with Gasteiger partial charge in [-0.15, -0.1) is 0 Å². The summed E-state index contributed by atoms with van der Waals surface area (Å²) in [5, 5.41) is 9.65. The number of fused-ring (bicyclic) bond motifs is 1. The SMILES string of the molecule is COc1cc(OC)cc(N2C(=O)[C@@H]3N=NN(c4ccc(Br)c(C)c4)[C@H]3C2=O)c1. The smallest absolute Gasteiger partial charge is 0.263 e. The summed E-state index contributed by atoms with van der Waals surface area (Å²) in [7, 11) is 3.01. The van der Waals surface area contributed by atoms with Crippen LogP contribution in [0.25, 0.3) is 0 Å². The predicted octanol–water partition coefficient (Wildman–Crippen LogP) is 3.27. The van der Waals surface area contributed by atoms with Crippen molar-refractivity contribution in [2.45, 2.75) is 19.0 Å². The van der Waals surface area contributed by atoms with Crippen LogP contribution in [0.5, 0.6) is 11.5 Å². The van der Waals surface area contributed by atoms with Crippen molar-refractivity contribution in [3.05, 3.63) is 46.4 Å². The number of ether oxygens (including phenoxy) is 2. The maximum Gasteiger partial charge on any atom is 0.263 e. The summed E-state index contributed by atoms with van der Waals surface area (Å²) in [5.74, 6) is 0.143. The Kier molecular flexibility index (Phi) is 4.54. The van der Waals surface area contributed by atoms with Crippen molar-refractivity contribution >= 4 is 39.1 Å². The summed E-state index contributed by atoms with van der Waals surface area (Å²) < 4.78 is 11.4. The fraction of sp³-hybridized carbons (Fsp3) is 0.263. The Labute approximate surface area is 169 Å². The van der Waals surface area contributed by atoms with Gasteiger partial charge in [0.05, 0.1) is 25.6 Å². The number of imide groups is 1. The lowest BCUT2D eigenvalue weighted by Crippen LogP contribution is -2.40. The van der Waals surface area contributed by atoms with Crippen molar-refractivity contribution in [1.29, 1.82) is 0 Å². The van der Waals surface area contributed by atoms with E-state index < -0.39 is 23.9 Å². The van der Waals surface area contributed by atoms with E-state index in [-0.39, 0.29) is 0 Å². The molecule has 0 N–H and O–H groups in total. The van der Waals surface area contributed by atoms with Gasteiger partial charge in [-0.2, -0.15) is 5.11 Å². The molecule has 0 bridgehead atoms. The number of hydrogen-bond acceptors (Lipinski definition) is 7. The fourth-order valence-electron chi connectivity index (χ4n) is 3.32. The molecule has 0 unspecified atom stereocenters. The lowest BCUT2D eigenvalue weighted by molar-refractivity contribution is -0.121. The summed E-state index contributed by atoms with van der Waals surface area (Å²) in [6.07, 6.45) is 0. The first-order chi connectivity index (χ1) is 13.4. The largest absolute Gasteiger partial charge is 0.497 e. The number of benzene rings is 2. The topological polar surface area (TPSA) is 83.8 Å². The molecule has 0 aliphatic carbocycles. The van der Waals surface area contributed by atoms with Crippen molar-refractivity contribution in [2.75, 3.05) is 24.1 Å². The van der Waals surface area contributed by atoms with E-state index >= 15 is 0 Å². The van der Waals surface area contributed by atoms with Gasteiger partial charge in [0.1, 0.15) is 11.5 Å². The number of hydrogen-bond donors (Lipinski definition) is 0. The second-order valence-electron chi connectivity index (χ2n) is 6.46. The number of carbonyl (C=O) groups excluding carboxylic acids is 2. The highest BCUT2D eigenvalue weighted by molar-refractivity contribution is 9.10. The van der Waals surface area contributed by atoms with E-state index in [4.69, 9.17) is 9.47 Å². The van der Waals surface area contributed by atoms with Crippen LogP contribution in [0.2, 0.25) is 0 Å². The van der Waals surface area contributed by atoms with Gasteiger partial charge in [0.15, 0.2) is 12.1 Å². The minimum Gasteiger partial charge on any atom is -0.497 e. The van der Waals surface area contributed by atoms with E-state index in [1.807, 2.05) is 25.1 Å². The molecule has 2 heterocycles. The number of nitrogens with zero attached hydrogens (tertiary/aromatic N) is 4. The zero-order chi connectivity index (χ0) is 20.0. The molecule has 28 heavy (non-hydrogen) atoms. The molecular weight excluding hydrogens is 428 g/mol. The summed E-state index contributed by atoms with van der Waals surface area (Å²) >= 11 is 3.46. The Morgan fingerprint density at radius 3 is 2.25 bits per heavy atom. The molecule has 2 aromatic rings. The molecule has 2 aromatic carbocycles. The van der Waals surface area contributed by atoms with Gasteiger partial charge in [-0.05, 0) is 30.7 Å². The van der Waals surface area contributed by atoms with Crippen molar-refractivity contribution in [3.63, 3.8) is 0 Å². The van der Waals surface area contributed by atoms with Gasteiger partial charge in [0.25, 0.3) is 11.8 Å². The fourth-order valence-corrected chi connectivity index (χ4v) is 3.57. The third kappa shape index (κ3) is 2.82. The first-order valence-electron chi connectivity index (χ1n) is 8.51. The molecule has 0 saturated carbocycles. The van der Waals surface area contributed by atoms with Crippen LogP contribution in [0.4, 0.5) is 11.4 Å². The average Bonchev–Trinajstić information content (AvgIpc) is 3.24. The highest BCUT2D eigenvalue weighted by Gasteiger charge is 2.55. The maximum absolute atomic E-state index is 13.2. The molecule has 4 rings (SSSR count). The molecule has 144 valence electrons. The lowest BCUT2D eigenvalue weighted by Gasteiger charge is -2.21. The van der Waals surface area contributed by atoms with Crippen molar-refractivity contribution in [3.8, 4) is 11.5 Å². The van der Waals surface area contributed by atoms with Crippen LogP contribution in [0.15, 0.2) is 51.2 Å². The first-order valence-corrected chi connectivity index (χ1v) is 9.31. The van der Waals surface area contributed by atoms with E-state index in [0.29, 0.717) is 22.9 Å². The van der Waals surface area contributed by atoms with Crippen molar-refractivity contribution < 1.29 is 19.1 Å². The molecular formula is C19H17BrN4O4. The Morgan fingerprint density at radius 1 is 0.964 bits per heavy atom. The van der Waals surface area contributed by atoms with Gasteiger partial charge >= 0.3 is 0 Å². The van der Waals surface area contributed by atoms with Crippen LogP contribution in [-0.2, 0) is 9.59 Å². The Morgan fingerprint density at radius 2 is 1.64 bits per heavy atom. The molecule has 0 radical (unpaired) electrons. The zero-order valence-electron chi connectivity index (χ0n) is 15.4. The van der Waals surface area contributed by atoms with Crippen LogP contribution in [0.3, 0.4) is 0 Å². The summed E-state index contributed by atoms with van der Waals surface area (Å²) in [5.41, 5.74) is 2.06. The lowest BCUT2D eigenvalue weighted by atomic mass is 10.1. The van der Waals surface area contributed by atoms with E-state index in [1.165, 1.54) is 19.2 Å². The zero-order valence-corrected chi connectivity index (χ0v) is 17.0. The third-order valence-corrected chi connectivity index (χ3v) is 5.67. The van der Waals surface area contributed by atoms with E-state index in [9.17, 15) is 9.59 Å². The molecule has 9 heteroatoms. The van der Waals surface area contributed by atoms with Gasteiger partial charge in [-0.1, -0.05) is 21.2 Å². The van der Waals surface area contributed by atoms with Crippen molar-refractivity contribution in [2.24, 2.45) is 10.3 Å². The molecule has 2 aliphatic heterocycles. The van der Waals surface area contributed by atoms with E-state index in [1.54, 1.807) is 18.2 Å². The molecule has 2 aliphatic rings. The second-order valence-corrected chi connectivity index (χ2v) is 7.31.